The van der Waals surface area contributed by atoms with Gasteiger partial charge in [0, 0.05) is 25.5 Å². The molecule has 0 amide bonds. The Kier molecular flexibility index (Phi) is 4.74. The van der Waals surface area contributed by atoms with Crippen LogP contribution in [0.4, 0.5) is 5.82 Å². The van der Waals surface area contributed by atoms with Crippen LogP contribution in [0.2, 0.25) is 0 Å². The van der Waals surface area contributed by atoms with Crippen LogP contribution in [0.5, 0.6) is 0 Å². The average Bonchev–Trinajstić information content (AvgIpc) is 2.40. The quantitative estimate of drug-likeness (QED) is 0.842. The first kappa shape index (κ1) is 12.3. The molecule has 1 aromatic rings. The number of rotatable bonds is 5. The van der Waals surface area contributed by atoms with Crippen molar-refractivity contribution in [1.29, 1.82) is 0 Å². The van der Waals surface area contributed by atoms with E-state index in [0.717, 1.165) is 44.3 Å². The number of piperidine rings is 1. The molecule has 0 bridgehead atoms. The Balaban J connectivity index is 1.96. The minimum absolute atomic E-state index is 0.796. The summed E-state index contributed by atoms with van der Waals surface area (Å²) in [6, 6.07) is 0. The van der Waals surface area contributed by atoms with Crippen LogP contribution in [0.1, 0.15) is 26.2 Å². The minimum atomic E-state index is 0.796. The van der Waals surface area contributed by atoms with Crippen LogP contribution in [0, 0.1) is 5.92 Å². The van der Waals surface area contributed by atoms with Gasteiger partial charge >= 0.3 is 0 Å². The number of hydrogen-bond acceptors (Lipinski definition) is 4. The molecule has 0 atom stereocenters. The Morgan fingerprint density at radius 3 is 2.82 bits per heavy atom. The van der Waals surface area contributed by atoms with Gasteiger partial charge in [-0.25, -0.2) is 4.98 Å². The molecule has 0 saturated carbocycles. The predicted octanol–water partition coefficient (Wildman–Crippen LogP) is 1.69. The van der Waals surface area contributed by atoms with E-state index in [4.69, 9.17) is 0 Å². The van der Waals surface area contributed by atoms with Crippen molar-refractivity contribution in [2.24, 2.45) is 5.92 Å². The van der Waals surface area contributed by atoms with E-state index in [0.29, 0.717) is 0 Å². The van der Waals surface area contributed by atoms with E-state index >= 15 is 0 Å². The van der Waals surface area contributed by atoms with Crippen molar-refractivity contribution in [3.8, 4) is 0 Å². The maximum absolute atomic E-state index is 4.41. The molecule has 1 fully saturated rings. The van der Waals surface area contributed by atoms with Gasteiger partial charge in [-0.05, 0) is 38.3 Å². The zero-order valence-electron chi connectivity index (χ0n) is 10.6. The van der Waals surface area contributed by atoms with Crippen molar-refractivity contribution in [2.45, 2.75) is 26.2 Å². The van der Waals surface area contributed by atoms with E-state index in [2.05, 4.69) is 27.1 Å². The third-order valence-electron chi connectivity index (χ3n) is 3.30. The maximum Gasteiger partial charge on any atom is 0.147 e. The minimum Gasteiger partial charge on any atom is -0.355 e. The van der Waals surface area contributed by atoms with E-state index in [9.17, 15) is 0 Å². The van der Waals surface area contributed by atoms with Gasteiger partial charge in [-0.1, -0.05) is 6.92 Å². The van der Waals surface area contributed by atoms with Crippen LogP contribution in [-0.2, 0) is 0 Å². The van der Waals surface area contributed by atoms with Crippen LogP contribution in [-0.4, -0.2) is 36.1 Å². The topological polar surface area (TPSA) is 41.0 Å². The molecule has 1 aliphatic heterocycles. The molecule has 1 aromatic heterocycles. The normalized spacial score (nSPS) is 17.0. The first-order chi connectivity index (χ1) is 8.40. The average molecular weight is 234 g/mol. The monoisotopic (exact) mass is 234 g/mol. The first-order valence-electron chi connectivity index (χ1n) is 6.62. The van der Waals surface area contributed by atoms with Crippen molar-refractivity contribution in [3.05, 3.63) is 18.6 Å². The summed E-state index contributed by atoms with van der Waals surface area (Å²) in [5.74, 6) is 1.82. The molecule has 1 aliphatic rings. The highest BCUT2D eigenvalue weighted by atomic mass is 15.2. The highest BCUT2D eigenvalue weighted by molar-refractivity contribution is 5.34. The van der Waals surface area contributed by atoms with Crippen molar-refractivity contribution in [1.82, 2.24) is 15.3 Å². The summed E-state index contributed by atoms with van der Waals surface area (Å²) >= 11 is 0. The Bertz CT molecular complexity index is 308. The second-order valence-corrected chi connectivity index (χ2v) is 4.70. The number of aromatic nitrogens is 2. The second-order valence-electron chi connectivity index (χ2n) is 4.70. The molecule has 2 rings (SSSR count). The van der Waals surface area contributed by atoms with Gasteiger partial charge < -0.3 is 10.2 Å². The Labute approximate surface area is 103 Å². The van der Waals surface area contributed by atoms with Gasteiger partial charge in [0.05, 0.1) is 6.20 Å². The Morgan fingerprint density at radius 2 is 2.18 bits per heavy atom. The van der Waals surface area contributed by atoms with Crippen molar-refractivity contribution in [2.75, 3.05) is 31.1 Å². The Morgan fingerprint density at radius 1 is 1.35 bits per heavy atom. The van der Waals surface area contributed by atoms with E-state index in [-0.39, 0.29) is 0 Å². The third kappa shape index (κ3) is 3.66. The van der Waals surface area contributed by atoms with Crippen LogP contribution < -0.4 is 10.2 Å². The summed E-state index contributed by atoms with van der Waals surface area (Å²) in [4.78, 5) is 11.0. The predicted molar refractivity (Wildman–Crippen MR) is 70.1 cm³/mol. The molecule has 0 aromatic carbocycles. The number of nitrogens with one attached hydrogen (secondary N) is 1. The molecule has 2 heterocycles. The van der Waals surface area contributed by atoms with E-state index in [1.165, 1.54) is 12.8 Å². The van der Waals surface area contributed by atoms with Crippen molar-refractivity contribution >= 4 is 5.82 Å². The molecular formula is C13H22N4. The van der Waals surface area contributed by atoms with Gasteiger partial charge in [-0.15, -0.1) is 0 Å². The summed E-state index contributed by atoms with van der Waals surface area (Å²) in [5, 5.41) is 3.41. The highest BCUT2D eigenvalue weighted by Crippen LogP contribution is 2.17. The van der Waals surface area contributed by atoms with Gasteiger partial charge in [-0.2, -0.15) is 0 Å². The lowest BCUT2D eigenvalue weighted by Crippen LogP contribution is -2.37. The SMILES string of the molecule is CCCN(CC1CCNCC1)c1cnccn1. The van der Waals surface area contributed by atoms with Crippen molar-refractivity contribution < 1.29 is 0 Å². The van der Waals surface area contributed by atoms with Gasteiger partial charge in [0.1, 0.15) is 5.82 Å². The molecule has 4 heteroatoms. The van der Waals surface area contributed by atoms with Gasteiger partial charge in [0.2, 0.25) is 0 Å². The molecule has 0 unspecified atom stereocenters. The van der Waals surface area contributed by atoms with Crippen LogP contribution in [0.25, 0.3) is 0 Å². The lowest BCUT2D eigenvalue weighted by molar-refractivity contribution is 0.372. The Hall–Kier alpha value is -1.16. The van der Waals surface area contributed by atoms with Gasteiger partial charge in [-0.3, -0.25) is 4.98 Å². The molecule has 1 saturated heterocycles. The molecule has 17 heavy (non-hydrogen) atoms. The fraction of sp³-hybridized carbons (Fsp3) is 0.692. The smallest absolute Gasteiger partial charge is 0.147 e. The van der Waals surface area contributed by atoms with E-state index in [1.54, 1.807) is 12.4 Å². The third-order valence-corrected chi connectivity index (χ3v) is 3.30. The number of hydrogen-bond donors (Lipinski definition) is 1. The number of anilines is 1. The summed E-state index contributed by atoms with van der Waals surface area (Å²) in [7, 11) is 0. The molecular weight excluding hydrogens is 212 g/mol. The molecule has 0 spiro atoms. The fourth-order valence-electron chi connectivity index (χ4n) is 2.40. The van der Waals surface area contributed by atoms with Crippen molar-refractivity contribution in [3.63, 3.8) is 0 Å². The molecule has 0 radical (unpaired) electrons. The summed E-state index contributed by atoms with van der Waals surface area (Å²) in [6.07, 6.45) is 9.10. The lowest BCUT2D eigenvalue weighted by Gasteiger charge is -2.30. The van der Waals surface area contributed by atoms with E-state index in [1.807, 2.05) is 6.20 Å². The largest absolute Gasteiger partial charge is 0.355 e. The molecule has 4 nitrogen and oxygen atoms in total. The van der Waals surface area contributed by atoms with Crippen LogP contribution in [0.3, 0.4) is 0 Å². The van der Waals surface area contributed by atoms with Crippen LogP contribution in [0.15, 0.2) is 18.6 Å². The summed E-state index contributed by atoms with van der Waals surface area (Å²) in [5.41, 5.74) is 0. The van der Waals surface area contributed by atoms with Crippen LogP contribution >= 0.6 is 0 Å². The van der Waals surface area contributed by atoms with E-state index < -0.39 is 0 Å². The second kappa shape index (κ2) is 6.55. The summed E-state index contributed by atoms with van der Waals surface area (Å²) < 4.78 is 0. The number of nitrogens with zero attached hydrogens (tertiary/aromatic N) is 3. The first-order valence-corrected chi connectivity index (χ1v) is 6.62. The highest BCUT2D eigenvalue weighted by Gasteiger charge is 2.17. The molecule has 0 aliphatic carbocycles. The maximum atomic E-state index is 4.41. The standard InChI is InChI=1S/C13H22N4/c1-2-9-17(13-10-15-7-8-16-13)11-12-3-5-14-6-4-12/h7-8,10,12,14H,2-6,9,11H2,1H3. The zero-order valence-corrected chi connectivity index (χ0v) is 10.6. The summed E-state index contributed by atoms with van der Waals surface area (Å²) in [6.45, 7) is 6.72. The molecule has 94 valence electrons. The fourth-order valence-corrected chi connectivity index (χ4v) is 2.40. The molecule has 1 N–H and O–H groups in total. The van der Waals surface area contributed by atoms with Gasteiger partial charge in [0.15, 0.2) is 0 Å². The lowest BCUT2D eigenvalue weighted by atomic mass is 9.97. The zero-order chi connectivity index (χ0) is 11.9. The van der Waals surface area contributed by atoms with Gasteiger partial charge in [0.25, 0.3) is 0 Å².